The van der Waals surface area contributed by atoms with Crippen molar-refractivity contribution >= 4 is 38.0 Å². The lowest BCUT2D eigenvalue weighted by molar-refractivity contribution is -0.173. The fourth-order valence-corrected chi connectivity index (χ4v) is 7.49. The van der Waals surface area contributed by atoms with Crippen LogP contribution >= 0.6 is 15.9 Å². The minimum absolute atomic E-state index is 0.0734. The van der Waals surface area contributed by atoms with Crippen molar-refractivity contribution in [2.24, 2.45) is 18.9 Å². The minimum Gasteiger partial charge on any atom is -0.381 e. The third-order valence-corrected chi connectivity index (χ3v) is 10.9. The Balaban J connectivity index is 0.000000193. The number of imidazole rings is 2. The molecule has 3 aromatic heterocycles. The molecular formula is C39H44BrF6N5O3. The molecule has 0 amide bonds. The first-order valence-electron chi connectivity index (χ1n) is 18.1. The van der Waals surface area contributed by atoms with Gasteiger partial charge in [0, 0.05) is 74.6 Å². The summed E-state index contributed by atoms with van der Waals surface area (Å²) in [7, 11) is 1.69. The van der Waals surface area contributed by atoms with Crippen LogP contribution in [0.25, 0.3) is 33.2 Å². The normalized spacial score (nSPS) is 17.5. The molecule has 2 aliphatic rings. The molecule has 5 aromatic rings. The van der Waals surface area contributed by atoms with E-state index in [9.17, 15) is 31.1 Å². The summed E-state index contributed by atoms with van der Waals surface area (Å²) in [5, 5.41) is 0. The van der Waals surface area contributed by atoms with Crippen LogP contribution < -0.4 is 5.56 Å². The SMILES string of the molecule is CC(Cn1c(C2CCOCC2)nc2ccc(Br)cc21)C(F)(F)F.Cc1cc(-c2ccc3nc(C4CCOCC4)n(CC(C)C(F)(F)F)c3c2)cn(C)c1=O. The molecule has 2 fully saturated rings. The van der Waals surface area contributed by atoms with E-state index in [1.807, 2.05) is 42.5 Å². The number of benzene rings is 2. The molecule has 5 heterocycles. The van der Waals surface area contributed by atoms with Crippen molar-refractivity contribution < 1.29 is 35.8 Å². The second-order valence-electron chi connectivity index (χ2n) is 14.5. The minimum atomic E-state index is -4.28. The standard InChI is InChI=1S/C23H26F3N3O2.C16H18BrF3N2O/c1-14-10-18(13-28(3)22(14)30)17-4-5-19-20(11-17)29(12-15(2)23(24,25)26)21(27-19)16-6-8-31-9-7-16;1-10(16(18,19)20)9-22-14-8-12(17)2-3-13(14)21-15(22)11-4-6-23-7-5-11/h4-5,10-11,13,15-16H,6-9,12H2,1-3H3;2-3,8,10-11H,4-7,9H2,1H3. The van der Waals surface area contributed by atoms with Gasteiger partial charge in [0.15, 0.2) is 0 Å². The zero-order chi connectivity index (χ0) is 38.9. The van der Waals surface area contributed by atoms with E-state index in [-0.39, 0.29) is 30.5 Å². The van der Waals surface area contributed by atoms with Crippen LogP contribution in [0.15, 0.2) is 57.9 Å². The topological polar surface area (TPSA) is 76.1 Å². The van der Waals surface area contributed by atoms with Crippen LogP contribution in [0.2, 0.25) is 0 Å². The van der Waals surface area contributed by atoms with Crippen molar-refractivity contribution in [3.05, 3.63) is 80.7 Å². The van der Waals surface area contributed by atoms with Crippen molar-refractivity contribution in [2.45, 2.75) is 83.7 Å². The number of aromatic nitrogens is 5. The van der Waals surface area contributed by atoms with Gasteiger partial charge in [0.25, 0.3) is 5.56 Å². The van der Waals surface area contributed by atoms with Crippen LogP contribution in [0.5, 0.6) is 0 Å². The van der Waals surface area contributed by atoms with Crippen molar-refractivity contribution in [1.29, 1.82) is 0 Å². The summed E-state index contributed by atoms with van der Waals surface area (Å²) >= 11 is 3.39. The second-order valence-corrected chi connectivity index (χ2v) is 15.4. The molecule has 0 radical (unpaired) electrons. The van der Waals surface area contributed by atoms with Crippen LogP contribution in [0.1, 0.15) is 68.6 Å². The van der Waals surface area contributed by atoms with Gasteiger partial charge in [-0.15, -0.1) is 0 Å². The van der Waals surface area contributed by atoms with Crippen molar-refractivity contribution in [2.75, 3.05) is 26.4 Å². The van der Waals surface area contributed by atoms with E-state index in [1.165, 1.54) is 18.4 Å². The highest BCUT2D eigenvalue weighted by Gasteiger charge is 2.38. The number of hydrogen-bond donors (Lipinski definition) is 0. The summed E-state index contributed by atoms with van der Waals surface area (Å²) in [6.07, 6.45) is -3.66. The molecule has 0 N–H and O–H groups in total. The molecule has 2 aromatic carbocycles. The number of nitrogens with zero attached hydrogens (tertiary/aromatic N) is 5. The number of pyridine rings is 1. The molecule has 0 aliphatic carbocycles. The highest BCUT2D eigenvalue weighted by Crippen LogP contribution is 2.36. The third-order valence-electron chi connectivity index (χ3n) is 10.4. The lowest BCUT2D eigenvalue weighted by Gasteiger charge is -2.24. The summed E-state index contributed by atoms with van der Waals surface area (Å²) in [5.41, 5.74) is 5.07. The van der Waals surface area contributed by atoms with Crippen molar-refractivity contribution in [3.63, 3.8) is 0 Å². The molecule has 7 rings (SSSR count). The fourth-order valence-electron chi connectivity index (χ4n) is 7.14. The summed E-state index contributed by atoms with van der Waals surface area (Å²) in [6, 6.07) is 13.0. The van der Waals surface area contributed by atoms with E-state index >= 15 is 0 Å². The Hall–Kier alpha value is -3.69. The van der Waals surface area contributed by atoms with E-state index in [2.05, 4.69) is 20.9 Å². The lowest BCUT2D eigenvalue weighted by atomic mass is 9.99. The highest BCUT2D eigenvalue weighted by molar-refractivity contribution is 9.10. The molecule has 2 aliphatic heterocycles. The maximum absolute atomic E-state index is 13.4. The lowest BCUT2D eigenvalue weighted by Crippen LogP contribution is -2.26. The first-order valence-corrected chi connectivity index (χ1v) is 18.9. The molecule has 2 unspecified atom stereocenters. The average Bonchev–Trinajstić information content (AvgIpc) is 3.68. The summed E-state index contributed by atoms with van der Waals surface area (Å²) in [5.74, 6) is -1.25. The third kappa shape index (κ3) is 8.89. The number of halogens is 7. The number of hydrogen-bond acceptors (Lipinski definition) is 5. The molecular weight excluding hydrogens is 780 g/mol. The Bertz CT molecular complexity index is 2120. The van der Waals surface area contributed by atoms with Gasteiger partial charge in [0.2, 0.25) is 0 Å². The smallest absolute Gasteiger partial charge is 0.381 e. The molecule has 2 atom stereocenters. The van der Waals surface area contributed by atoms with Gasteiger partial charge in [0.1, 0.15) is 11.6 Å². The van der Waals surface area contributed by atoms with Crippen LogP contribution in [0.3, 0.4) is 0 Å². The second kappa shape index (κ2) is 16.2. The Morgan fingerprint density at radius 1 is 0.741 bits per heavy atom. The van der Waals surface area contributed by atoms with Gasteiger partial charge in [-0.1, -0.05) is 35.8 Å². The zero-order valence-electron chi connectivity index (χ0n) is 30.6. The number of rotatable bonds is 7. The largest absolute Gasteiger partial charge is 0.393 e. The van der Waals surface area contributed by atoms with E-state index in [0.717, 1.165) is 58.1 Å². The van der Waals surface area contributed by atoms with Crippen LogP contribution in [0, 0.1) is 18.8 Å². The predicted molar refractivity (Wildman–Crippen MR) is 199 cm³/mol. The number of ether oxygens (including phenoxy) is 2. The first kappa shape index (κ1) is 40.0. The summed E-state index contributed by atoms with van der Waals surface area (Å²) in [4.78, 5) is 21.4. The maximum Gasteiger partial charge on any atom is 0.393 e. The zero-order valence-corrected chi connectivity index (χ0v) is 32.2. The molecule has 0 bridgehead atoms. The molecule has 292 valence electrons. The number of fused-ring (bicyclic) bond motifs is 2. The molecule has 54 heavy (non-hydrogen) atoms. The van der Waals surface area contributed by atoms with E-state index < -0.39 is 24.2 Å². The molecule has 0 spiro atoms. The Labute approximate surface area is 317 Å². The predicted octanol–water partition coefficient (Wildman–Crippen LogP) is 9.69. The monoisotopic (exact) mass is 823 g/mol. The van der Waals surface area contributed by atoms with Crippen molar-refractivity contribution in [1.82, 2.24) is 23.7 Å². The fraction of sp³-hybridized carbons (Fsp3) is 0.513. The van der Waals surface area contributed by atoms with Crippen LogP contribution in [-0.2, 0) is 29.6 Å². The average molecular weight is 825 g/mol. The maximum atomic E-state index is 13.4. The van der Waals surface area contributed by atoms with Gasteiger partial charge < -0.3 is 23.2 Å². The first-order chi connectivity index (χ1) is 25.5. The van der Waals surface area contributed by atoms with Gasteiger partial charge in [-0.25, -0.2) is 9.97 Å². The Morgan fingerprint density at radius 2 is 1.20 bits per heavy atom. The highest BCUT2D eigenvalue weighted by atomic mass is 79.9. The van der Waals surface area contributed by atoms with Gasteiger partial charge in [0.05, 0.1) is 33.9 Å². The van der Waals surface area contributed by atoms with Crippen LogP contribution in [-0.4, -0.2) is 62.4 Å². The molecule has 2 saturated heterocycles. The van der Waals surface area contributed by atoms with E-state index in [4.69, 9.17) is 14.5 Å². The summed E-state index contributed by atoms with van der Waals surface area (Å²) in [6.45, 7) is 6.33. The van der Waals surface area contributed by atoms with Gasteiger partial charge in [-0.2, -0.15) is 26.3 Å². The molecule has 15 heteroatoms. The van der Waals surface area contributed by atoms with Gasteiger partial charge in [-0.05, 0) is 80.1 Å². The van der Waals surface area contributed by atoms with E-state index in [0.29, 0.717) is 48.8 Å². The Morgan fingerprint density at radius 3 is 1.67 bits per heavy atom. The quantitative estimate of drug-likeness (QED) is 0.153. The van der Waals surface area contributed by atoms with E-state index in [1.54, 1.807) is 29.3 Å². The van der Waals surface area contributed by atoms with Crippen molar-refractivity contribution in [3.8, 4) is 11.1 Å². The number of alkyl halides is 6. The Kier molecular flexibility index (Phi) is 12.0. The van der Waals surface area contributed by atoms with Gasteiger partial charge >= 0.3 is 12.4 Å². The van der Waals surface area contributed by atoms with Crippen LogP contribution in [0.4, 0.5) is 26.3 Å². The van der Waals surface area contributed by atoms with Gasteiger partial charge in [-0.3, -0.25) is 4.79 Å². The summed E-state index contributed by atoms with van der Waals surface area (Å²) < 4.78 is 95.9. The number of aryl methyl sites for hydroxylation is 2. The molecule has 8 nitrogen and oxygen atoms in total. The molecule has 0 saturated carbocycles.